The summed E-state index contributed by atoms with van der Waals surface area (Å²) in [5, 5.41) is 2.80. The minimum absolute atomic E-state index is 0.0106. The molecule has 0 aromatic heterocycles. The lowest BCUT2D eigenvalue weighted by Gasteiger charge is -2.34. The monoisotopic (exact) mass is 427 g/mol. The SMILES string of the molecule is COc1cccc(NC(=O)CN(C)C(=O)C[NH+]2CCN(c3ccccc3OC)CC2)c1. The highest BCUT2D eigenvalue weighted by Gasteiger charge is 2.25. The van der Waals surface area contributed by atoms with Gasteiger partial charge in [-0.05, 0) is 24.3 Å². The van der Waals surface area contributed by atoms with Crippen molar-refractivity contribution in [3.63, 3.8) is 0 Å². The number of nitrogens with one attached hydrogen (secondary N) is 2. The molecule has 1 saturated heterocycles. The Hall–Kier alpha value is -3.26. The molecule has 1 aliphatic rings. The normalized spacial score (nSPS) is 14.1. The van der Waals surface area contributed by atoms with Crippen LogP contribution in [-0.2, 0) is 9.59 Å². The first-order valence-corrected chi connectivity index (χ1v) is 10.4. The molecule has 1 heterocycles. The third-order valence-electron chi connectivity index (χ3n) is 5.46. The molecule has 3 rings (SSSR count). The van der Waals surface area contributed by atoms with Crippen LogP contribution in [-0.4, -0.2) is 77.3 Å². The maximum Gasteiger partial charge on any atom is 0.277 e. The van der Waals surface area contributed by atoms with E-state index in [4.69, 9.17) is 9.47 Å². The maximum absolute atomic E-state index is 12.6. The Bertz CT molecular complexity index is 897. The summed E-state index contributed by atoms with van der Waals surface area (Å²) in [6, 6.07) is 15.1. The van der Waals surface area contributed by atoms with Crippen LogP contribution in [0.15, 0.2) is 48.5 Å². The molecule has 0 aliphatic carbocycles. The van der Waals surface area contributed by atoms with E-state index >= 15 is 0 Å². The molecule has 2 N–H and O–H groups in total. The van der Waals surface area contributed by atoms with Gasteiger partial charge in [0.05, 0.1) is 52.6 Å². The number of carbonyl (C=O) groups excluding carboxylic acids is 2. The Balaban J connectivity index is 1.45. The molecule has 0 atom stereocenters. The zero-order chi connectivity index (χ0) is 22.2. The summed E-state index contributed by atoms with van der Waals surface area (Å²) in [6.45, 7) is 3.80. The van der Waals surface area contributed by atoms with Gasteiger partial charge in [0.2, 0.25) is 5.91 Å². The molecule has 31 heavy (non-hydrogen) atoms. The Morgan fingerprint density at radius 3 is 2.52 bits per heavy atom. The molecule has 0 bridgehead atoms. The van der Waals surface area contributed by atoms with E-state index in [1.807, 2.05) is 24.3 Å². The highest BCUT2D eigenvalue weighted by Crippen LogP contribution is 2.27. The molecule has 0 radical (unpaired) electrons. The standard InChI is InChI=1S/C23H30N4O4/c1-25(16-22(28)24-18-7-6-8-19(15-18)30-2)23(29)17-26-11-13-27(14-12-26)20-9-4-5-10-21(20)31-3/h4-10,15H,11-14,16-17H2,1-3H3,(H,24,28)/p+1. The number of amides is 2. The molecular formula is C23H31N4O4+. The molecule has 1 fully saturated rings. The van der Waals surface area contributed by atoms with E-state index in [9.17, 15) is 9.59 Å². The Morgan fingerprint density at radius 1 is 1.06 bits per heavy atom. The lowest BCUT2D eigenvalue weighted by atomic mass is 10.2. The smallest absolute Gasteiger partial charge is 0.277 e. The lowest BCUT2D eigenvalue weighted by Crippen LogP contribution is -3.15. The van der Waals surface area contributed by atoms with Gasteiger partial charge in [0.15, 0.2) is 6.54 Å². The van der Waals surface area contributed by atoms with Gasteiger partial charge in [-0.3, -0.25) is 9.59 Å². The van der Waals surface area contributed by atoms with Crippen LogP contribution in [0.25, 0.3) is 0 Å². The van der Waals surface area contributed by atoms with Crippen LogP contribution in [0.4, 0.5) is 11.4 Å². The molecule has 2 aromatic carbocycles. The number of ether oxygens (including phenoxy) is 2. The van der Waals surface area contributed by atoms with E-state index in [-0.39, 0.29) is 18.4 Å². The number of hydrogen-bond acceptors (Lipinski definition) is 5. The fourth-order valence-corrected chi connectivity index (χ4v) is 3.69. The van der Waals surface area contributed by atoms with Crippen molar-refractivity contribution in [2.75, 3.05) is 70.8 Å². The largest absolute Gasteiger partial charge is 0.497 e. The summed E-state index contributed by atoms with van der Waals surface area (Å²) < 4.78 is 10.6. The average molecular weight is 428 g/mol. The van der Waals surface area contributed by atoms with Gasteiger partial charge >= 0.3 is 0 Å². The third-order valence-corrected chi connectivity index (χ3v) is 5.46. The highest BCUT2D eigenvalue weighted by molar-refractivity contribution is 5.94. The van der Waals surface area contributed by atoms with Crippen molar-refractivity contribution in [1.82, 2.24) is 4.90 Å². The second-order valence-electron chi connectivity index (χ2n) is 7.62. The summed E-state index contributed by atoms with van der Waals surface area (Å²) in [4.78, 5) is 29.9. The number of piperazine rings is 1. The van der Waals surface area contributed by atoms with E-state index in [0.717, 1.165) is 37.6 Å². The first kappa shape index (κ1) is 22.4. The van der Waals surface area contributed by atoms with E-state index in [1.165, 1.54) is 9.80 Å². The van der Waals surface area contributed by atoms with E-state index in [1.54, 1.807) is 39.5 Å². The van der Waals surface area contributed by atoms with Crippen LogP contribution < -0.4 is 24.6 Å². The summed E-state index contributed by atoms with van der Waals surface area (Å²) in [7, 11) is 4.92. The average Bonchev–Trinajstić information content (AvgIpc) is 2.79. The minimum Gasteiger partial charge on any atom is -0.497 e. The Morgan fingerprint density at radius 2 is 1.81 bits per heavy atom. The molecule has 2 amide bonds. The Labute approximate surface area is 183 Å². The fraction of sp³-hybridized carbons (Fsp3) is 0.391. The highest BCUT2D eigenvalue weighted by atomic mass is 16.5. The first-order valence-electron chi connectivity index (χ1n) is 10.4. The number of likely N-dealkylation sites (N-methyl/N-ethyl adjacent to an activating group) is 1. The molecule has 0 unspecified atom stereocenters. The van der Waals surface area contributed by atoms with Gasteiger partial charge in [0.1, 0.15) is 11.5 Å². The van der Waals surface area contributed by atoms with Crippen LogP contribution >= 0.6 is 0 Å². The minimum atomic E-state index is -0.236. The number of methoxy groups -OCH3 is 2. The maximum atomic E-state index is 12.6. The third kappa shape index (κ3) is 6.11. The van der Waals surface area contributed by atoms with Gasteiger partial charge in [0.25, 0.3) is 5.91 Å². The van der Waals surface area contributed by atoms with Gasteiger partial charge in [-0.2, -0.15) is 0 Å². The molecule has 166 valence electrons. The van der Waals surface area contributed by atoms with Gasteiger partial charge < -0.3 is 29.5 Å². The van der Waals surface area contributed by atoms with Crippen molar-refractivity contribution in [2.24, 2.45) is 0 Å². The van der Waals surface area contributed by atoms with Gasteiger partial charge in [-0.15, -0.1) is 0 Å². The van der Waals surface area contributed by atoms with E-state index < -0.39 is 0 Å². The molecule has 2 aromatic rings. The molecule has 0 spiro atoms. The van der Waals surface area contributed by atoms with Crippen LogP contribution in [0, 0.1) is 0 Å². The van der Waals surface area contributed by atoms with E-state index in [2.05, 4.69) is 16.3 Å². The van der Waals surface area contributed by atoms with Crippen molar-refractivity contribution < 1.29 is 24.0 Å². The molecular weight excluding hydrogens is 396 g/mol. The summed E-state index contributed by atoms with van der Waals surface area (Å²) in [6.07, 6.45) is 0. The summed E-state index contributed by atoms with van der Waals surface area (Å²) >= 11 is 0. The second-order valence-corrected chi connectivity index (χ2v) is 7.62. The quantitative estimate of drug-likeness (QED) is 0.642. The van der Waals surface area contributed by atoms with Crippen LogP contribution in [0.5, 0.6) is 11.5 Å². The Kier molecular flexibility index (Phi) is 7.72. The van der Waals surface area contributed by atoms with Gasteiger partial charge in [0, 0.05) is 18.8 Å². The number of nitrogens with zero attached hydrogens (tertiary/aromatic N) is 2. The predicted octanol–water partition coefficient (Wildman–Crippen LogP) is 0.506. The van der Waals surface area contributed by atoms with Crippen LogP contribution in [0.2, 0.25) is 0 Å². The number of rotatable bonds is 8. The molecule has 0 saturated carbocycles. The van der Waals surface area contributed by atoms with Crippen LogP contribution in [0.3, 0.4) is 0 Å². The number of carbonyl (C=O) groups is 2. The van der Waals surface area contributed by atoms with Gasteiger partial charge in [-0.1, -0.05) is 18.2 Å². The summed E-state index contributed by atoms with van der Waals surface area (Å²) in [5.74, 6) is 1.25. The number of anilines is 2. The topological polar surface area (TPSA) is 75.5 Å². The van der Waals surface area contributed by atoms with Crippen molar-refractivity contribution in [3.05, 3.63) is 48.5 Å². The number of benzene rings is 2. The fourth-order valence-electron chi connectivity index (χ4n) is 3.69. The first-order chi connectivity index (χ1) is 15.0. The molecule has 8 nitrogen and oxygen atoms in total. The summed E-state index contributed by atoms with van der Waals surface area (Å²) in [5.41, 5.74) is 1.73. The number of para-hydroxylation sites is 2. The zero-order valence-electron chi connectivity index (χ0n) is 18.4. The van der Waals surface area contributed by atoms with Gasteiger partial charge in [-0.25, -0.2) is 0 Å². The second kappa shape index (κ2) is 10.7. The number of quaternary nitrogens is 1. The lowest BCUT2D eigenvalue weighted by molar-refractivity contribution is -0.892. The number of hydrogen-bond donors (Lipinski definition) is 2. The zero-order valence-corrected chi connectivity index (χ0v) is 18.4. The van der Waals surface area contributed by atoms with Crippen molar-refractivity contribution in [2.45, 2.75) is 0 Å². The van der Waals surface area contributed by atoms with Crippen LogP contribution in [0.1, 0.15) is 0 Å². The van der Waals surface area contributed by atoms with Crippen molar-refractivity contribution in [1.29, 1.82) is 0 Å². The van der Waals surface area contributed by atoms with Crippen molar-refractivity contribution in [3.8, 4) is 11.5 Å². The molecule has 1 aliphatic heterocycles. The molecule has 8 heteroatoms. The van der Waals surface area contributed by atoms with E-state index in [0.29, 0.717) is 18.0 Å². The van der Waals surface area contributed by atoms with Crippen molar-refractivity contribution >= 4 is 23.2 Å². The predicted molar refractivity (Wildman–Crippen MR) is 120 cm³/mol.